The fourth-order valence-electron chi connectivity index (χ4n) is 3.82. The van der Waals surface area contributed by atoms with Crippen LogP contribution in [0.1, 0.15) is 53.8 Å². The molecule has 1 saturated carbocycles. The number of aromatic amines is 1. The number of aryl methyl sites for hydroxylation is 2. The molecule has 1 aromatic heterocycles. The zero-order chi connectivity index (χ0) is 25.2. The van der Waals surface area contributed by atoms with Crippen LogP contribution in [0.15, 0.2) is 42.7 Å². The maximum atomic E-state index is 12.1. The molecule has 1 aliphatic rings. The Balaban J connectivity index is 0.000000247. The summed E-state index contributed by atoms with van der Waals surface area (Å²) in [4.78, 5) is 29.8. The predicted molar refractivity (Wildman–Crippen MR) is 136 cm³/mol. The average molecular weight is 514 g/mol. The number of rotatable bonds is 7. The first-order valence-corrected chi connectivity index (χ1v) is 11.6. The van der Waals surface area contributed by atoms with E-state index in [1.54, 1.807) is 25.6 Å². The Morgan fingerprint density at radius 3 is 2.61 bits per heavy atom. The number of H-pyrrole nitrogens is 1. The van der Waals surface area contributed by atoms with Crippen molar-refractivity contribution in [3.05, 3.63) is 84.1 Å². The normalized spacial score (nSPS) is 13.0. The van der Waals surface area contributed by atoms with Gasteiger partial charge in [-0.3, -0.25) is 22.8 Å². The number of hydrogen-bond acceptors (Lipinski definition) is 5. The van der Waals surface area contributed by atoms with Crippen molar-refractivity contribution in [3.63, 3.8) is 0 Å². The van der Waals surface area contributed by atoms with Gasteiger partial charge in [0.15, 0.2) is 0 Å². The van der Waals surface area contributed by atoms with Crippen LogP contribution in [0.4, 0.5) is 5.69 Å². The second kappa shape index (κ2) is 15.2. The van der Waals surface area contributed by atoms with E-state index in [-0.39, 0.29) is 63.2 Å². The fraction of sp³-hybridized carbons (Fsp3) is 0.321. The smallest absolute Gasteiger partial charge is 0.501 e. The third kappa shape index (κ3) is 8.78. The molecule has 4 rings (SSSR count). The molecule has 3 aromatic rings. The van der Waals surface area contributed by atoms with Gasteiger partial charge in [0.2, 0.25) is 5.91 Å². The number of nitrogens with zero attached hydrogens (tertiary/aromatic N) is 1. The molecule has 0 unspecified atom stereocenters. The topological polar surface area (TPSA) is 93.3 Å². The number of methoxy groups -OCH3 is 1. The standard InChI is InChI=1S/C15H20NO2.C13H12N2O2.K/c1-11-8-9-13(10-14(11)18-2)16-15(17)12-6-4-3-5-7-12;1-9-5-12(6-11(7-16)10(9)2)17-8-13-14-3-4-15-13;/h3,8-10,12H,4-7H2,1-2H3,(H,16,17);3-6H,2,8H2,1H3,(H,14,15);/q-1;-2;+1. The van der Waals surface area contributed by atoms with Crippen LogP contribution in [-0.2, 0) is 16.2 Å². The summed E-state index contributed by atoms with van der Waals surface area (Å²) in [6.45, 7) is 8.01. The van der Waals surface area contributed by atoms with Gasteiger partial charge >= 0.3 is 51.4 Å². The molecule has 1 aliphatic carbocycles. The van der Waals surface area contributed by atoms with E-state index in [0.717, 1.165) is 54.1 Å². The summed E-state index contributed by atoms with van der Waals surface area (Å²) in [6.07, 6.45) is 11.5. The zero-order valence-corrected chi connectivity index (χ0v) is 24.6. The molecule has 2 N–H and O–H groups in total. The summed E-state index contributed by atoms with van der Waals surface area (Å²) in [7, 11) is 1.64. The number of imidazole rings is 1. The largest absolute Gasteiger partial charge is 1.00 e. The number of nitrogens with one attached hydrogen (secondary N) is 2. The molecule has 0 bridgehead atoms. The second-order valence-corrected chi connectivity index (χ2v) is 8.51. The Hall–Kier alpha value is -2.10. The molecule has 2 aromatic carbocycles. The molecule has 186 valence electrons. The number of carbonyl (C=O) groups is 1. The minimum Gasteiger partial charge on any atom is -0.501 e. The molecule has 1 amide bonds. The number of hydrogen-bond donors (Lipinski definition) is 2. The first-order chi connectivity index (χ1) is 16.9. The Morgan fingerprint density at radius 2 is 1.97 bits per heavy atom. The zero-order valence-electron chi connectivity index (χ0n) is 21.5. The van der Waals surface area contributed by atoms with Gasteiger partial charge in [-0.25, -0.2) is 10.5 Å². The van der Waals surface area contributed by atoms with Crippen LogP contribution >= 0.6 is 0 Å². The summed E-state index contributed by atoms with van der Waals surface area (Å²) in [5.41, 5.74) is 3.91. The first-order valence-electron chi connectivity index (χ1n) is 11.6. The number of benzene rings is 2. The maximum Gasteiger partial charge on any atom is 1.00 e. The molecule has 0 aliphatic heterocycles. The number of aromatic nitrogens is 2. The molecule has 0 spiro atoms. The third-order valence-electron chi connectivity index (χ3n) is 5.97. The quantitative estimate of drug-likeness (QED) is 0.374. The predicted octanol–water partition coefficient (Wildman–Crippen LogP) is 2.28. The fourth-order valence-corrected chi connectivity index (χ4v) is 3.82. The van der Waals surface area contributed by atoms with E-state index in [0.29, 0.717) is 23.5 Å². The molecule has 0 saturated heterocycles. The molecule has 1 heterocycles. The van der Waals surface area contributed by atoms with E-state index >= 15 is 0 Å². The summed E-state index contributed by atoms with van der Waals surface area (Å²) in [5.74, 6) is 2.45. The van der Waals surface area contributed by atoms with Crippen LogP contribution in [0.25, 0.3) is 0 Å². The van der Waals surface area contributed by atoms with E-state index in [1.807, 2.05) is 44.4 Å². The summed E-state index contributed by atoms with van der Waals surface area (Å²) in [5, 5.41) is 2.98. The van der Waals surface area contributed by atoms with Crippen molar-refractivity contribution >= 4 is 17.9 Å². The Morgan fingerprint density at radius 1 is 1.22 bits per heavy atom. The second-order valence-electron chi connectivity index (χ2n) is 8.51. The summed E-state index contributed by atoms with van der Waals surface area (Å²) in [6, 6.07) is 9.23. The van der Waals surface area contributed by atoms with E-state index in [1.165, 1.54) is 0 Å². The first kappa shape index (κ1) is 30.1. The number of amides is 1. The van der Waals surface area contributed by atoms with Crippen molar-refractivity contribution in [2.24, 2.45) is 5.92 Å². The van der Waals surface area contributed by atoms with Crippen LogP contribution in [0.2, 0.25) is 0 Å². The molecular weight excluding hydrogens is 481 g/mol. The maximum absolute atomic E-state index is 12.1. The molecule has 1 fully saturated rings. The van der Waals surface area contributed by atoms with Crippen molar-refractivity contribution in [2.75, 3.05) is 12.4 Å². The van der Waals surface area contributed by atoms with Crippen LogP contribution in [0, 0.1) is 33.1 Å². The van der Waals surface area contributed by atoms with Crippen molar-refractivity contribution in [2.45, 2.75) is 46.1 Å². The van der Waals surface area contributed by atoms with Gasteiger partial charge in [0, 0.05) is 35.8 Å². The molecule has 0 atom stereocenters. The third-order valence-corrected chi connectivity index (χ3v) is 5.97. The van der Waals surface area contributed by atoms with Gasteiger partial charge in [0.1, 0.15) is 18.2 Å². The Bertz CT molecular complexity index is 1130. The number of anilines is 1. The van der Waals surface area contributed by atoms with Crippen molar-refractivity contribution in [3.8, 4) is 11.5 Å². The number of carbonyl (C=O) groups excluding carboxylic acids is 2. The van der Waals surface area contributed by atoms with Crippen molar-refractivity contribution in [1.82, 2.24) is 9.97 Å². The molecule has 36 heavy (non-hydrogen) atoms. The van der Waals surface area contributed by atoms with Gasteiger partial charge in [-0.2, -0.15) is 18.9 Å². The summed E-state index contributed by atoms with van der Waals surface area (Å²) < 4.78 is 10.8. The minimum atomic E-state index is 0. The monoisotopic (exact) mass is 513 g/mol. The SMILES string of the molecule is COc1cc(NC(=O)C2CC[CH-]CC2)ccc1C.[CH2-]c1c(C)cc(OCc2ncc[nH]2)cc1[C-]=O.[K+]. The van der Waals surface area contributed by atoms with Gasteiger partial charge in [0.05, 0.1) is 7.11 Å². The van der Waals surface area contributed by atoms with E-state index in [4.69, 9.17) is 9.47 Å². The average Bonchev–Trinajstić information content (AvgIpc) is 3.40. The minimum absolute atomic E-state index is 0. The van der Waals surface area contributed by atoms with Crippen LogP contribution in [-0.4, -0.2) is 29.3 Å². The van der Waals surface area contributed by atoms with Crippen LogP contribution in [0.5, 0.6) is 11.5 Å². The Kier molecular flexibility index (Phi) is 12.7. The van der Waals surface area contributed by atoms with Crippen molar-refractivity contribution in [1.29, 1.82) is 0 Å². The number of ether oxygens (including phenoxy) is 2. The van der Waals surface area contributed by atoms with Gasteiger partial charge in [-0.15, -0.1) is 0 Å². The van der Waals surface area contributed by atoms with Crippen LogP contribution < -0.4 is 66.2 Å². The van der Waals surface area contributed by atoms with Gasteiger partial charge in [-0.1, -0.05) is 31.9 Å². The molecule has 8 heteroatoms. The Labute approximate surface area is 256 Å². The molecular formula is C28H32KN3O4-2. The molecule has 7 nitrogen and oxygen atoms in total. The van der Waals surface area contributed by atoms with Crippen LogP contribution in [0.3, 0.4) is 0 Å². The van der Waals surface area contributed by atoms with Gasteiger partial charge in [0.25, 0.3) is 0 Å². The van der Waals surface area contributed by atoms with E-state index < -0.39 is 0 Å². The van der Waals surface area contributed by atoms with E-state index in [9.17, 15) is 9.59 Å². The molecule has 0 radical (unpaired) electrons. The summed E-state index contributed by atoms with van der Waals surface area (Å²) >= 11 is 0. The van der Waals surface area contributed by atoms with Gasteiger partial charge < -0.3 is 31.0 Å². The van der Waals surface area contributed by atoms with E-state index in [2.05, 4.69) is 28.6 Å². The van der Waals surface area contributed by atoms with Crippen molar-refractivity contribution < 1.29 is 70.4 Å². The van der Waals surface area contributed by atoms with Gasteiger partial charge in [-0.05, 0) is 24.8 Å².